The molecule has 2 saturated heterocycles. The largest absolute Gasteiger partial charge is 0.419 e. The van der Waals surface area contributed by atoms with Crippen LogP contribution in [-0.2, 0) is 6.18 Å². The standard InChI is InChI=1S/C22H21F4N7O/c1-12-13-6-16(7-13)32(19(12)11-29-21-27-9-14(10-28-21)22(24,25)26)20(34)17-8-15(23)2-3-18(17)33-30-4-5-31-33/h2-5,8-10,12-13,16,19H,6-7,11H2,1H3,(H,27,28,29)/t12-,13?,16?,19-/m1/s1. The normalized spacial score (nSPS) is 24.0. The first kappa shape index (κ1) is 22.2. The van der Waals surface area contributed by atoms with Gasteiger partial charge in [-0.05, 0) is 42.9 Å². The number of piperidine rings is 2. The van der Waals surface area contributed by atoms with E-state index in [2.05, 4.69) is 25.5 Å². The molecule has 1 amide bonds. The third kappa shape index (κ3) is 3.97. The summed E-state index contributed by atoms with van der Waals surface area (Å²) < 4.78 is 52.5. The summed E-state index contributed by atoms with van der Waals surface area (Å²) in [6, 6.07) is 3.60. The maximum absolute atomic E-state index is 14.2. The van der Waals surface area contributed by atoms with E-state index >= 15 is 0 Å². The fourth-order valence-corrected chi connectivity index (χ4v) is 4.82. The Kier molecular flexibility index (Phi) is 5.45. The molecule has 1 aliphatic carbocycles. The molecule has 3 aliphatic rings. The molecule has 4 heterocycles. The maximum atomic E-state index is 14.2. The zero-order valence-electron chi connectivity index (χ0n) is 18.1. The van der Waals surface area contributed by atoms with E-state index in [9.17, 15) is 22.4 Å². The quantitative estimate of drug-likeness (QED) is 0.568. The molecule has 3 fully saturated rings. The van der Waals surface area contributed by atoms with Gasteiger partial charge in [-0.2, -0.15) is 28.2 Å². The Bertz CT molecular complexity index is 1180. The summed E-state index contributed by atoms with van der Waals surface area (Å²) in [6.45, 7) is 2.29. The lowest BCUT2D eigenvalue weighted by Crippen LogP contribution is -2.64. The van der Waals surface area contributed by atoms with Gasteiger partial charge in [0.2, 0.25) is 5.95 Å². The average molecular weight is 475 g/mol. The van der Waals surface area contributed by atoms with Crippen LogP contribution in [0.5, 0.6) is 0 Å². The van der Waals surface area contributed by atoms with Gasteiger partial charge in [0.25, 0.3) is 5.91 Å². The molecule has 0 spiro atoms. The lowest BCUT2D eigenvalue weighted by atomic mass is 9.64. The molecule has 1 aromatic carbocycles. The van der Waals surface area contributed by atoms with Gasteiger partial charge in [0, 0.05) is 25.0 Å². The predicted molar refractivity (Wildman–Crippen MR) is 112 cm³/mol. The van der Waals surface area contributed by atoms with Gasteiger partial charge in [0.15, 0.2) is 0 Å². The number of fused-ring (bicyclic) bond motifs is 2. The SMILES string of the molecule is C[C@@H]1C2CC(C2)N(C(=O)c2cc(F)ccc2-n2nccn2)[C@@H]1CNc1ncc(C(F)(F)F)cn1. The molecule has 1 N–H and O–H groups in total. The first-order chi connectivity index (χ1) is 16.2. The number of amides is 1. The van der Waals surface area contributed by atoms with E-state index in [0.29, 0.717) is 11.6 Å². The number of nitrogens with one attached hydrogen (secondary N) is 1. The van der Waals surface area contributed by atoms with Crippen molar-refractivity contribution in [2.45, 2.75) is 38.0 Å². The van der Waals surface area contributed by atoms with Crippen molar-refractivity contribution in [1.29, 1.82) is 0 Å². The highest BCUT2D eigenvalue weighted by atomic mass is 19.4. The molecule has 12 heteroatoms. The fraction of sp³-hybridized carbons (Fsp3) is 0.409. The number of aromatic nitrogens is 5. The van der Waals surface area contributed by atoms with Crippen molar-refractivity contribution in [3.8, 4) is 5.69 Å². The molecule has 3 aromatic rings. The number of hydrogen-bond donors (Lipinski definition) is 1. The van der Waals surface area contributed by atoms with Crippen LogP contribution < -0.4 is 5.32 Å². The zero-order valence-corrected chi connectivity index (χ0v) is 18.1. The number of hydrogen-bond acceptors (Lipinski definition) is 6. The Morgan fingerprint density at radius 2 is 1.82 bits per heavy atom. The number of carbonyl (C=O) groups is 1. The van der Waals surface area contributed by atoms with Crippen LogP contribution in [0.15, 0.2) is 43.0 Å². The monoisotopic (exact) mass is 475 g/mol. The van der Waals surface area contributed by atoms with Crippen LogP contribution in [0.1, 0.15) is 35.7 Å². The second-order valence-corrected chi connectivity index (χ2v) is 8.68. The Hall–Kier alpha value is -3.57. The maximum Gasteiger partial charge on any atom is 0.419 e. The average Bonchev–Trinajstić information content (AvgIpc) is 3.31. The molecular formula is C22H21F4N7O. The van der Waals surface area contributed by atoms with Gasteiger partial charge in [-0.1, -0.05) is 6.92 Å². The van der Waals surface area contributed by atoms with Crippen LogP contribution in [-0.4, -0.2) is 54.4 Å². The van der Waals surface area contributed by atoms with E-state index in [1.165, 1.54) is 35.4 Å². The van der Waals surface area contributed by atoms with E-state index in [1.54, 1.807) is 4.90 Å². The number of benzene rings is 1. The summed E-state index contributed by atoms with van der Waals surface area (Å²) in [5.74, 6) is -0.297. The van der Waals surface area contributed by atoms with E-state index < -0.39 is 17.6 Å². The molecular weight excluding hydrogens is 454 g/mol. The van der Waals surface area contributed by atoms with E-state index in [1.807, 2.05) is 6.92 Å². The molecule has 178 valence electrons. The molecule has 2 bridgehead atoms. The van der Waals surface area contributed by atoms with Gasteiger partial charge in [0.05, 0.1) is 35.2 Å². The van der Waals surface area contributed by atoms with Crippen molar-refractivity contribution in [3.63, 3.8) is 0 Å². The predicted octanol–water partition coefficient (Wildman–Crippen LogP) is 3.57. The number of anilines is 1. The smallest absolute Gasteiger partial charge is 0.352 e. The fourth-order valence-electron chi connectivity index (χ4n) is 4.82. The molecule has 2 atom stereocenters. The third-order valence-corrected chi connectivity index (χ3v) is 6.76. The Balaban J connectivity index is 1.40. The summed E-state index contributed by atoms with van der Waals surface area (Å²) in [7, 11) is 0. The highest BCUT2D eigenvalue weighted by Crippen LogP contribution is 2.47. The van der Waals surface area contributed by atoms with Crippen LogP contribution in [0.2, 0.25) is 0 Å². The van der Waals surface area contributed by atoms with Gasteiger partial charge in [-0.25, -0.2) is 14.4 Å². The second-order valence-electron chi connectivity index (χ2n) is 8.68. The van der Waals surface area contributed by atoms with Crippen molar-refractivity contribution < 1.29 is 22.4 Å². The minimum atomic E-state index is -4.52. The Morgan fingerprint density at radius 1 is 1.15 bits per heavy atom. The molecule has 34 heavy (non-hydrogen) atoms. The lowest BCUT2D eigenvalue weighted by molar-refractivity contribution is -0.138. The summed E-state index contributed by atoms with van der Waals surface area (Å²) in [5.41, 5.74) is -0.430. The highest BCUT2D eigenvalue weighted by Gasteiger charge is 2.50. The molecule has 0 unspecified atom stereocenters. The van der Waals surface area contributed by atoms with E-state index in [0.717, 1.165) is 25.2 Å². The number of halogens is 4. The molecule has 2 aliphatic heterocycles. The minimum absolute atomic E-state index is 0.00396. The summed E-state index contributed by atoms with van der Waals surface area (Å²) in [4.78, 5) is 24.3. The summed E-state index contributed by atoms with van der Waals surface area (Å²) in [6.07, 6.45) is 1.55. The first-order valence-corrected chi connectivity index (χ1v) is 10.8. The van der Waals surface area contributed by atoms with Crippen molar-refractivity contribution >= 4 is 11.9 Å². The van der Waals surface area contributed by atoms with Crippen molar-refractivity contribution in [2.75, 3.05) is 11.9 Å². The van der Waals surface area contributed by atoms with Crippen LogP contribution in [0.25, 0.3) is 5.69 Å². The van der Waals surface area contributed by atoms with Crippen LogP contribution >= 0.6 is 0 Å². The van der Waals surface area contributed by atoms with Gasteiger partial charge in [0.1, 0.15) is 5.82 Å². The molecule has 0 radical (unpaired) electrons. The van der Waals surface area contributed by atoms with E-state index in [-0.39, 0.29) is 42.0 Å². The minimum Gasteiger partial charge on any atom is -0.352 e. The number of carbonyl (C=O) groups excluding carboxylic acids is 1. The second kappa shape index (κ2) is 8.33. The lowest BCUT2D eigenvalue weighted by Gasteiger charge is -2.57. The number of rotatable bonds is 5. The number of alkyl halides is 3. The van der Waals surface area contributed by atoms with Crippen molar-refractivity contribution in [2.24, 2.45) is 11.8 Å². The van der Waals surface area contributed by atoms with E-state index in [4.69, 9.17) is 0 Å². The third-order valence-electron chi connectivity index (χ3n) is 6.76. The van der Waals surface area contributed by atoms with Gasteiger partial charge in [-0.3, -0.25) is 4.79 Å². The topological polar surface area (TPSA) is 88.8 Å². The van der Waals surface area contributed by atoms with Crippen LogP contribution in [0.3, 0.4) is 0 Å². The van der Waals surface area contributed by atoms with Gasteiger partial charge < -0.3 is 10.2 Å². The van der Waals surface area contributed by atoms with Crippen molar-refractivity contribution in [3.05, 3.63) is 59.9 Å². The highest BCUT2D eigenvalue weighted by molar-refractivity contribution is 5.98. The van der Waals surface area contributed by atoms with Crippen molar-refractivity contribution in [1.82, 2.24) is 29.9 Å². The zero-order chi connectivity index (χ0) is 24.0. The van der Waals surface area contributed by atoms with Crippen LogP contribution in [0, 0.1) is 17.7 Å². The summed E-state index contributed by atoms with van der Waals surface area (Å²) >= 11 is 0. The first-order valence-electron chi connectivity index (χ1n) is 10.8. The number of nitrogens with zero attached hydrogens (tertiary/aromatic N) is 6. The summed E-state index contributed by atoms with van der Waals surface area (Å²) in [5, 5.41) is 11.1. The molecule has 8 nitrogen and oxygen atoms in total. The Labute approximate surface area is 192 Å². The molecule has 6 rings (SSSR count). The molecule has 2 aromatic heterocycles. The Morgan fingerprint density at radius 3 is 2.47 bits per heavy atom. The van der Waals surface area contributed by atoms with Gasteiger partial charge in [-0.15, -0.1) is 0 Å². The molecule has 1 saturated carbocycles. The van der Waals surface area contributed by atoms with Crippen LogP contribution in [0.4, 0.5) is 23.5 Å². The van der Waals surface area contributed by atoms with Gasteiger partial charge >= 0.3 is 6.18 Å².